The number of methoxy groups -OCH3 is 1. The first kappa shape index (κ1) is 29.2. The fourth-order valence-corrected chi connectivity index (χ4v) is 6.17. The number of non-ortho nitro benzene ring substituents is 1. The molecule has 4 aromatic rings. The van der Waals surface area contributed by atoms with Gasteiger partial charge in [-0.25, -0.2) is 9.79 Å². The third-order valence-corrected chi connectivity index (χ3v) is 8.12. The Morgan fingerprint density at radius 3 is 2.62 bits per heavy atom. The van der Waals surface area contributed by atoms with Crippen LogP contribution in [0.3, 0.4) is 0 Å². The molecule has 3 heterocycles. The van der Waals surface area contributed by atoms with E-state index < -0.39 is 16.9 Å². The van der Waals surface area contributed by atoms with Gasteiger partial charge in [0.15, 0.2) is 4.80 Å². The molecule has 0 amide bonds. The summed E-state index contributed by atoms with van der Waals surface area (Å²) >= 11 is 4.71. The van der Waals surface area contributed by atoms with Crippen LogP contribution in [0.15, 0.2) is 84.5 Å². The van der Waals surface area contributed by atoms with Gasteiger partial charge in [0.25, 0.3) is 11.2 Å². The van der Waals surface area contributed by atoms with E-state index in [0.29, 0.717) is 55.4 Å². The number of nitrogens with zero attached hydrogens (tertiary/aromatic N) is 3. The number of carbonyl (C=O) groups is 1. The Balaban J connectivity index is 1.67. The smallest absolute Gasteiger partial charge is 0.338 e. The lowest BCUT2D eigenvalue weighted by Crippen LogP contribution is -2.40. The number of rotatable bonds is 9. The Bertz CT molecular complexity index is 1890. The highest BCUT2D eigenvalue weighted by atomic mass is 79.9. The fourth-order valence-electron chi connectivity index (χ4n) is 4.80. The van der Waals surface area contributed by atoms with Crippen molar-refractivity contribution in [3.05, 3.63) is 111 Å². The molecule has 5 rings (SSSR count). The van der Waals surface area contributed by atoms with Gasteiger partial charge < -0.3 is 13.9 Å². The molecule has 0 bridgehead atoms. The standard InChI is InChI=1S/C30H26BrN3O7S/c1-4-6-22-26(29(36)40-5-2)27(21-15-18(31)9-13-24(21)39-3)33-28(35)25(42-30(33)32-22)16-20-12-14-23(41-20)17-7-10-19(11-8-17)34(37)38/h7-16,27H,4-6H2,1-3H3/b25-16+/t27-/m1/s1. The maximum atomic E-state index is 14.0. The predicted molar refractivity (Wildman–Crippen MR) is 161 cm³/mol. The van der Waals surface area contributed by atoms with E-state index in [-0.39, 0.29) is 17.9 Å². The van der Waals surface area contributed by atoms with E-state index in [0.717, 1.165) is 10.9 Å². The van der Waals surface area contributed by atoms with Crippen LogP contribution in [0.1, 0.15) is 44.1 Å². The molecule has 1 aliphatic rings. The zero-order valence-electron chi connectivity index (χ0n) is 23.0. The summed E-state index contributed by atoms with van der Waals surface area (Å²) in [7, 11) is 1.54. The number of ether oxygens (including phenoxy) is 2. The van der Waals surface area contributed by atoms with Gasteiger partial charge in [0, 0.05) is 33.8 Å². The number of carbonyl (C=O) groups excluding carboxylic acids is 1. The summed E-state index contributed by atoms with van der Waals surface area (Å²) in [5, 5.41) is 11.0. The van der Waals surface area contributed by atoms with Gasteiger partial charge in [0.1, 0.15) is 23.3 Å². The van der Waals surface area contributed by atoms with Gasteiger partial charge in [-0.1, -0.05) is 40.6 Å². The molecule has 42 heavy (non-hydrogen) atoms. The summed E-state index contributed by atoms with van der Waals surface area (Å²) in [6, 6.07) is 14.1. The number of aromatic nitrogens is 1. The maximum Gasteiger partial charge on any atom is 0.338 e. The summed E-state index contributed by atoms with van der Waals surface area (Å²) in [5.74, 6) is 0.889. The lowest BCUT2D eigenvalue weighted by atomic mass is 9.93. The predicted octanol–water partition coefficient (Wildman–Crippen LogP) is 5.52. The second-order valence-corrected chi connectivity index (χ2v) is 11.2. The molecule has 0 N–H and O–H groups in total. The molecule has 1 atom stereocenters. The zero-order chi connectivity index (χ0) is 30.0. The van der Waals surface area contributed by atoms with Crippen LogP contribution in [-0.4, -0.2) is 29.2 Å². The SMILES string of the molecule is CCCC1=C(C(=O)OCC)[C@@H](c2cc(Br)ccc2OC)n2c(s/c(=C/c3ccc(-c4ccc([N+](=O)[O-])cc4)o3)c2=O)=N1. The van der Waals surface area contributed by atoms with E-state index in [1.54, 1.807) is 43.3 Å². The molecular formula is C30H26BrN3O7S. The highest BCUT2D eigenvalue weighted by Gasteiger charge is 2.36. The van der Waals surface area contributed by atoms with Gasteiger partial charge in [-0.2, -0.15) is 0 Å². The highest BCUT2D eigenvalue weighted by Crippen LogP contribution is 2.38. The monoisotopic (exact) mass is 651 g/mol. The number of nitro benzene ring substituents is 1. The number of furan rings is 1. The molecule has 10 nitrogen and oxygen atoms in total. The minimum absolute atomic E-state index is 0.0205. The maximum absolute atomic E-state index is 14.0. The summed E-state index contributed by atoms with van der Waals surface area (Å²) in [6.07, 6.45) is 2.88. The minimum Gasteiger partial charge on any atom is -0.496 e. The van der Waals surface area contributed by atoms with E-state index in [1.165, 1.54) is 35.1 Å². The topological polar surface area (TPSA) is 126 Å². The fraction of sp³-hybridized carbons (Fsp3) is 0.233. The Morgan fingerprint density at radius 2 is 1.95 bits per heavy atom. The van der Waals surface area contributed by atoms with Crippen LogP contribution in [0.5, 0.6) is 5.75 Å². The molecule has 2 aromatic heterocycles. The van der Waals surface area contributed by atoms with Crippen molar-refractivity contribution in [2.75, 3.05) is 13.7 Å². The molecule has 12 heteroatoms. The van der Waals surface area contributed by atoms with Crippen molar-refractivity contribution >= 4 is 45.0 Å². The van der Waals surface area contributed by atoms with Gasteiger partial charge in [0.2, 0.25) is 0 Å². The van der Waals surface area contributed by atoms with E-state index in [1.807, 2.05) is 19.1 Å². The van der Waals surface area contributed by atoms with Crippen molar-refractivity contribution in [1.29, 1.82) is 0 Å². The quantitative estimate of drug-likeness (QED) is 0.133. The summed E-state index contributed by atoms with van der Waals surface area (Å²) in [5.41, 5.74) is 1.77. The largest absolute Gasteiger partial charge is 0.496 e. The molecular weight excluding hydrogens is 626 g/mol. The number of hydrogen-bond donors (Lipinski definition) is 0. The van der Waals surface area contributed by atoms with Gasteiger partial charge >= 0.3 is 5.97 Å². The number of allylic oxidation sites excluding steroid dienone is 1. The van der Waals surface area contributed by atoms with Gasteiger partial charge in [0.05, 0.1) is 34.4 Å². The molecule has 2 aromatic carbocycles. The Morgan fingerprint density at radius 1 is 1.19 bits per heavy atom. The second kappa shape index (κ2) is 12.3. The van der Waals surface area contributed by atoms with Gasteiger partial charge in [-0.15, -0.1) is 0 Å². The molecule has 0 unspecified atom stereocenters. The normalized spacial score (nSPS) is 14.9. The average Bonchev–Trinajstić information content (AvgIpc) is 3.57. The van der Waals surface area contributed by atoms with Crippen molar-refractivity contribution in [3.63, 3.8) is 0 Å². The average molecular weight is 653 g/mol. The third-order valence-electron chi connectivity index (χ3n) is 6.64. The Hall–Kier alpha value is -4.29. The van der Waals surface area contributed by atoms with E-state index in [2.05, 4.69) is 15.9 Å². The Labute approximate surface area is 252 Å². The van der Waals surface area contributed by atoms with Crippen molar-refractivity contribution in [1.82, 2.24) is 4.57 Å². The van der Waals surface area contributed by atoms with E-state index >= 15 is 0 Å². The zero-order valence-corrected chi connectivity index (χ0v) is 25.4. The van der Waals surface area contributed by atoms with Gasteiger partial charge in [-0.05, 0) is 55.8 Å². The highest BCUT2D eigenvalue weighted by molar-refractivity contribution is 9.10. The summed E-state index contributed by atoms with van der Waals surface area (Å²) in [4.78, 5) is 43.1. The number of fused-ring (bicyclic) bond motifs is 1. The van der Waals surface area contributed by atoms with Crippen molar-refractivity contribution < 1.29 is 23.6 Å². The molecule has 0 saturated carbocycles. The molecule has 1 aliphatic heterocycles. The molecule has 0 radical (unpaired) electrons. The van der Waals surface area contributed by atoms with E-state index in [4.69, 9.17) is 18.9 Å². The number of thiazole rings is 1. The van der Waals surface area contributed by atoms with Crippen LogP contribution in [0.2, 0.25) is 0 Å². The van der Waals surface area contributed by atoms with Crippen LogP contribution < -0.4 is 19.6 Å². The van der Waals surface area contributed by atoms with Crippen LogP contribution in [0.25, 0.3) is 17.4 Å². The Kier molecular flexibility index (Phi) is 8.55. The molecule has 0 aliphatic carbocycles. The van der Waals surface area contributed by atoms with Crippen LogP contribution in [0.4, 0.5) is 5.69 Å². The number of nitro groups is 1. The van der Waals surface area contributed by atoms with Crippen molar-refractivity contribution in [2.24, 2.45) is 4.99 Å². The molecule has 0 saturated heterocycles. The lowest BCUT2D eigenvalue weighted by molar-refractivity contribution is -0.384. The van der Waals surface area contributed by atoms with Crippen LogP contribution in [-0.2, 0) is 9.53 Å². The summed E-state index contributed by atoms with van der Waals surface area (Å²) in [6.45, 7) is 3.90. The first-order valence-corrected chi connectivity index (χ1v) is 14.8. The number of benzene rings is 2. The number of hydrogen-bond acceptors (Lipinski definition) is 9. The molecule has 0 spiro atoms. The first-order valence-electron chi connectivity index (χ1n) is 13.2. The lowest BCUT2D eigenvalue weighted by Gasteiger charge is -2.27. The second-order valence-electron chi connectivity index (χ2n) is 9.31. The van der Waals surface area contributed by atoms with Crippen LogP contribution in [0, 0.1) is 10.1 Å². The summed E-state index contributed by atoms with van der Waals surface area (Å²) < 4.78 is 19.7. The van der Waals surface area contributed by atoms with E-state index in [9.17, 15) is 19.7 Å². The van der Waals surface area contributed by atoms with Crippen molar-refractivity contribution in [2.45, 2.75) is 32.7 Å². The number of esters is 1. The third kappa shape index (κ3) is 5.59. The van der Waals surface area contributed by atoms with Gasteiger partial charge in [-0.3, -0.25) is 19.5 Å². The van der Waals surface area contributed by atoms with Crippen molar-refractivity contribution in [3.8, 4) is 17.1 Å². The minimum atomic E-state index is -0.830. The molecule has 0 fully saturated rings. The molecule has 216 valence electrons. The van der Waals surface area contributed by atoms with Crippen LogP contribution >= 0.6 is 27.3 Å². The number of halogens is 1. The first-order chi connectivity index (χ1) is 20.2.